The number of phosphoric acid groups is 1. The Morgan fingerprint density at radius 2 is 0.794 bits per heavy atom. The number of aliphatic hydroxyl groups is 1. The lowest BCUT2D eigenvalue weighted by atomic mass is 10.0. The second kappa shape index (κ2) is 51.2. The van der Waals surface area contributed by atoms with Crippen molar-refractivity contribution < 1.29 is 32.9 Å². The van der Waals surface area contributed by atoms with E-state index in [1.54, 1.807) is 6.08 Å². The van der Waals surface area contributed by atoms with Gasteiger partial charge in [-0.25, -0.2) is 0 Å². The summed E-state index contributed by atoms with van der Waals surface area (Å²) >= 11 is 0. The Morgan fingerprint density at radius 3 is 1.10 bits per heavy atom. The fourth-order valence-electron chi connectivity index (χ4n) is 9.27. The Kier molecular flexibility index (Phi) is 50.6. The molecule has 0 spiro atoms. The third kappa shape index (κ3) is 53.0. The van der Waals surface area contributed by atoms with Crippen LogP contribution >= 0.6 is 7.82 Å². The van der Waals surface area contributed by atoms with Gasteiger partial charge in [-0.3, -0.25) is 9.36 Å². The molecule has 0 aromatic carbocycles. The van der Waals surface area contributed by atoms with Crippen molar-refractivity contribution >= 4 is 13.7 Å². The number of nitrogens with one attached hydrogen (secondary N) is 1. The largest absolute Gasteiger partial charge is 0.756 e. The summed E-state index contributed by atoms with van der Waals surface area (Å²) in [4.78, 5) is 25.5. The van der Waals surface area contributed by atoms with Crippen molar-refractivity contribution in [3.63, 3.8) is 0 Å². The molecule has 0 aromatic heterocycles. The number of quaternary nitrogens is 1. The van der Waals surface area contributed by atoms with Crippen LogP contribution in [0.4, 0.5) is 0 Å². The Morgan fingerprint density at radius 1 is 0.500 bits per heavy atom. The summed E-state index contributed by atoms with van der Waals surface area (Å²) in [5.41, 5.74) is 0. The zero-order valence-corrected chi connectivity index (χ0v) is 47.2. The second-order valence-corrected chi connectivity index (χ2v) is 23.5. The lowest BCUT2D eigenvalue weighted by Gasteiger charge is -2.29. The van der Waals surface area contributed by atoms with Gasteiger partial charge in [-0.2, -0.15) is 0 Å². The SMILES string of the molecule is CCCCCCCCCCCCCCCCCCCCCC/C=C/C(O)C(COP(=O)([O-])OCC[N+](C)(C)C)NC(=O)CCCCCCCCCCCCCCCCCCCCCCCCCC. The molecule has 0 bridgehead atoms. The van der Waals surface area contributed by atoms with Crippen LogP contribution < -0.4 is 10.2 Å². The lowest BCUT2D eigenvalue weighted by molar-refractivity contribution is -0.870. The molecule has 8 nitrogen and oxygen atoms in total. The first kappa shape index (κ1) is 67.2. The van der Waals surface area contributed by atoms with Gasteiger partial charge >= 0.3 is 0 Å². The number of unbranched alkanes of at least 4 members (excludes halogenated alkanes) is 43. The molecule has 0 radical (unpaired) electrons. The Bertz CT molecular complexity index is 1120. The molecule has 1 amide bonds. The maximum Gasteiger partial charge on any atom is 0.268 e. The topological polar surface area (TPSA) is 108 Å². The molecule has 0 heterocycles. The van der Waals surface area contributed by atoms with Gasteiger partial charge < -0.3 is 28.8 Å². The first-order valence-electron chi connectivity index (χ1n) is 30.1. The van der Waals surface area contributed by atoms with Crippen molar-refractivity contribution in [1.82, 2.24) is 5.32 Å². The van der Waals surface area contributed by atoms with Gasteiger partial charge in [0.25, 0.3) is 7.82 Å². The molecule has 0 aliphatic heterocycles. The number of aliphatic hydroxyl groups excluding tert-OH is 1. The van der Waals surface area contributed by atoms with Gasteiger partial charge in [-0.05, 0) is 19.3 Å². The minimum Gasteiger partial charge on any atom is -0.756 e. The number of amides is 1. The van der Waals surface area contributed by atoms with Crippen LogP contribution in [0.2, 0.25) is 0 Å². The molecular weight excluding hydrogens is 864 g/mol. The third-order valence-electron chi connectivity index (χ3n) is 14.0. The summed E-state index contributed by atoms with van der Waals surface area (Å²) in [5.74, 6) is -0.189. The molecule has 2 N–H and O–H groups in total. The summed E-state index contributed by atoms with van der Waals surface area (Å²) < 4.78 is 23.4. The van der Waals surface area contributed by atoms with Crippen molar-refractivity contribution in [1.29, 1.82) is 0 Å². The molecule has 0 saturated heterocycles. The minimum atomic E-state index is -4.59. The zero-order chi connectivity index (χ0) is 49.9. The number of likely N-dealkylation sites (N-methyl/N-ethyl adjacent to an activating group) is 1. The highest BCUT2D eigenvalue weighted by atomic mass is 31.2. The summed E-state index contributed by atoms with van der Waals surface area (Å²) in [6.45, 7) is 4.71. The van der Waals surface area contributed by atoms with Gasteiger partial charge in [-0.1, -0.05) is 296 Å². The summed E-state index contributed by atoms with van der Waals surface area (Å²) in [6.07, 6.45) is 62.9. The average molecular weight is 984 g/mol. The van der Waals surface area contributed by atoms with Crippen LogP contribution in [0.5, 0.6) is 0 Å². The summed E-state index contributed by atoms with van der Waals surface area (Å²) in [6, 6.07) is -0.882. The van der Waals surface area contributed by atoms with Crippen molar-refractivity contribution in [2.45, 2.75) is 321 Å². The highest BCUT2D eigenvalue weighted by molar-refractivity contribution is 7.45. The molecule has 0 aliphatic rings. The van der Waals surface area contributed by atoms with Gasteiger partial charge in [0.15, 0.2) is 0 Å². The van der Waals surface area contributed by atoms with Crippen LogP contribution in [0.25, 0.3) is 0 Å². The molecular formula is C59H119N2O6P. The number of hydrogen-bond acceptors (Lipinski definition) is 6. The van der Waals surface area contributed by atoms with E-state index in [0.29, 0.717) is 17.4 Å². The molecule has 3 atom stereocenters. The van der Waals surface area contributed by atoms with Gasteiger partial charge in [0.2, 0.25) is 5.91 Å². The quantitative estimate of drug-likeness (QED) is 0.0272. The number of carbonyl (C=O) groups is 1. The van der Waals surface area contributed by atoms with E-state index >= 15 is 0 Å². The maximum atomic E-state index is 13.0. The smallest absolute Gasteiger partial charge is 0.268 e. The molecule has 0 fully saturated rings. The van der Waals surface area contributed by atoms with E-state index in [9.17, 15) is 19.4 Å². The predicted octanol–water partition coefficient (Wildman–Crippen LogP) is 17.6. The van der Waals surface area contributed by atoms with E-state index < -0.39 is 20.0 Å². The fraction of sp³-hybridized carbons (Fsp3) is 0.949. The third-order valence-corrected chi connectivity index (χ3v) is 15.0. The van der Waals surface area contributed by atoms with Gasteiger partial charge in [0, 0.05) is 6.42 Å². The highest BCUT2D eigenvalue weighted by Crippen LogP contribution is 2.38. The van der Waals surface area contributed by atoms with Crippen LogP contribution in [0, 0.1) is 0 Å². The first-order valence-corrected chi connectivity index (χ1v) is 31.5. The number of hydrogen-bond donors (Lipinski definition) is 2. The average Bonchev–Trinajstić information content (AvgIpc) is 3.30. The lowest BCUT2D eigenvalue weighted by Crippen LogP contribution is -2.45. The van der Waals surface area contributed by atoms with E-state index in [1.807, 2.05) is 27.2 Å². The van der Waals surface area contributed by atoms with Gasteiger partial charge in [0.05, 0.1) is 39.9 Å². The van der Waals surface area contributed by atoms with Gasteiger partial charge in [0.1, 0.15) is 13.2 Å². The number of rotatable bonds is 56. The number of phosphoric ester groups is 1. The van der Waals surface area contributed by atoms with Crippen molar-refractivity contribution in [3.05, 3.63) is 12.2 Å². The molecule has 0 aromatic rings. The van der Waals surface area contributed by atoms with Crippen LogP contribution in [0.3, 0.4) is 0 Å². The molecule has 68 heavy (non-hydrogen) atoms. The predicted molar refractivity (Wildman–Crippen MR) is 293 cm³/mol. The second-order valence-electron chi connectivity index (χ2n) is 22.1. The monoisotopic (exact) mass is 983 g/mol. The van der Waals surface area contributed by atoms with Crippen molar-refractivity contribution in [2.24, 2.45) is 0 Å². The van der Waals surface area contributed by atoms with Crippen LogP contribution in [-0.4, -0.2) is 68.5 Å². The number of carbonyl (C=O) groups excluding carboxylic acids is 1. The molecule has 3 unspecified atom stereocenters. The van der Waals surface area contributed by atoms with E-state index in [1.165, 1.54) is 250 Å². The first-order chi connectivity index (χ1) is 33.0. The number of nitrogens with zero attached hydrogens (tertiary/aromatic N) is 1. The fourth-order valence-corrected chi connectivity index (χ4v) is 10.00. The van der Waals surface area contributed by atoms with E-state index in [0.717, 1.165) is 38.5 Å². The molecule has 9 heteroatoms. The van der Waals surface area contributed by atoms with E-state index in [2.05, 4.69) is 19.2 Å². The molecule has 406 valence electrons. The Hall–Kier alpha value is -0.760. The molecule has 0 rings (SSSR count). The molecule has 0 saturated carbocycles. The maximum absolute atomic E-state index is 13.0. The Balaban J connectivity index is 4.15. The number of allylic oxidation sites excluding steroid dienone is 1. The highest BCUT2D eigenvalue weighted by Gasteiger charge is 2.23. The van der Waals surface area contributed by atoms with Crippen molar-refractivity contribution in [2.75, 3.05) is 40.9 Å². The van der Waals surface area contributed by atoms with E-state index in [4.69, 9.17) is 9.05 Å². The van der Waals surface area contributed by atoms with Crippen molar-refractivity contribution in [3.8, 4) is 0 Å². The van der Waals surface area contributed by atoms with Crippen LogP contribution in [0.1, 0.15) is 309 Å². The Labute approximate surface area is 424 Å². The van der Waals surface area contributed by atoms with Gasteiger partial charge in [-0.15, -0.1) is 0 Å². The van der Waals surface area contributed by atoms with Crippen LogP contribution in [0.15, 0.2) is 12.2 Å². The van der Waals surface area contributed by atoms with E-state index in [-0.39, 0.29) is 19.1 Å². The van der Waals surface area contributed by atoms with Crippen LogP contribution in [-0.2, 0) is 18.4 Å². The summed E-state index contributed by atoms with van der Waals surface area (Å²) in [7, 11) is 1.28. The zero-order valence-electron chi connectivity index (χ0n) is 46.3. The summed E-state index contributed by atoms with van der Waals surface area (Å²) in [5, 5.41) is 13.9. The standard InChI is InChI=1S/C59H119N2O6P/c1-6-8-10-12-14-16-18-20-22-24-26-28-30-31-33-35-37-39-41-43-45-47-49-51-53-59(63)60-57(56-67-68(64,65)66-55-54-61(3,4)5)58(62)52-50-48-46-44-42-40-38-36-34-32-29-27-25-23-21-19-17-15-13-11-9-7-2/h50,52,57-58,62H,6-49,51,53-56H2,1-5H3,(H-,60,63,64,65)/b52-50+. The minimum absolute atomic E-state index is 0.00278. The normalized spacial score (nSPS) is 13.9. The molecule has 0 aliphatic carbocycles.